The van der Waals surface area contributed by atoms with Gasteiger partial charge >= 0.3 is 18.0 Å². The van der Waals surface area contributed by atoms with E-state index >= 15 is 0 Å². The molecule has 2 fully saturated rings. The highest BCUT2D eigenvalue weighted by Gasteiger charge is 2.53. The Labute approximate surface area is 228 Å². The Bertz CT molecular complexity index is 998. The van der Waals surface area contributed by atoms with E-state index in [0.29, 0.717) is 5.75 Å². The number of benzene rings is 1. The summed E-state index contributed by atoms with van der Waals surface area (Å²) in [5.41, 5.74) is -0.856. The molecule has 0 aliphatic carbocycles. The summed E-state index contributed by atoms with van der Waals surface area (Å²) < 4.78 is 44.6. The van der Waals surface area contributed by atoms with Crippen LogP contribution in [0.1, 0.15) is 59.8 Å². The van der Waals surface area contributed by atoms with Crippen LogP contribution in [0.4, 0.5) is 4.79 Å². The van der Waals surface area contributed by atoms with Crippen molar-refractivity contribution in [2.24, 2.45) is 0 Å². The number of esters is 2. The van der Waals surface area contributed by atoms with Gasteiger partial charge in [-0.2, -0.15) is 0 Å². The largest absolute Gasteiger partial charge is 0.497 e. The zero-order valence-electron chi connectivity index (χ0n) is 23.7. The lowest BCUT2D eigenvalue weighted by molar-refractivity contribution is -0.204. The second-order valence-electron chi connectivity index (χ2n) is 11.2. The van der Waals surface area contributed by atoms with Gasteiger partial charge in [-0.3, -0.25) is 4.79 Å². The number of nitrogens with one attached hydrogen (secondary N) is 1. The van der Waals surface area contributed by atoms with Gasteiger partial charge in [0.05, 0.1) is 13.5 Å². The molecule has 39 heavy (non-hydrogen) atoms. The van der Waals surface area contributed by atoms with E-state index in [4.69, 9.17) is 37.9 Å². The van der Waals surface area contributed by atoms with E-state index in [1.807, 2.05) is 12.1 Å². The van der Waals surface area contributed by atoms with Gasteiger partial charge in [-0.1, -0.05) is 12.1 Å². The van der Waals surface area contributed by atoms with E-state index < -0.39 is 72.6 Å². The molecule has 0 bridgehead atoms. The molecular formula is C27H39NO11. The molecule has 1 aromatic rings. The zero-order chi connectivity index (χ0) is 29.0. The van der Waals surface area contributed by atoms with Gasteiger partial charge in [0.15, 0.2) is 12.6 Å². The molecule has 6 atom stereocenters. The minimum atomic E-state index is -1.32. The fraction of sp³-hybridized carbons (Fsp3) is 0.667. The third-order valence-corrected chi connectivity index (χ3v) is 5.61. The highest BCUT2D eigenvalue weighted by atomic mass is 16.8. The average Bonchev–Trinajstić information content (AvgIpc) is 3.40. The molecule has 2 aliphatic heterocycles. The van der Waals surface area contributed by atoms with Crippen molar-refractivity contribution in [2.45, 2.75) is 96.1 Å². The molecule has 2 aliphatic rings. The first-order chi connectivity index (χ1) is 18.2. The number of rotatable bonds is 9. The van der Waals surface area contributed by atoms with Gasteiger partial charge in [0.2, 0.25) is 0 Å². The van der Waals surface area contributed by atoms with Crippen molar-refractivity contribution >= 4 is 18.0 Å². The molecule has 2 heterocycles. The molecule has 12 nitrogen and oxygen atoms in total. The number of carbonyl (C=O) groups excluding carboxylic acids is 3. The van der Waals surface area contributed by atoms with Gasteiger partial charge in [0, 0.05) is 12.7 Å². The minimum absolute atomic E-state index is 0.188. The van der Waals surface area contributed by atoms with Crippen LogP contribution < -0.4 is 10.1 Å². The Hall–Kier alpha value is -2.93. The summed E-state index contributed by atoms with van der Waals surface area (Å²) in [7, 11) is 3.06. The number of alkyl carbamates (subject to hydrolysis) is 1. The Morgan fingerprint density at radius 3 is 2.08 bits per heavy atom. The summed E-state index contributed by atoms with van der Waals surface area (Å²) >= 11 is 0. The molecule has 0 saturated carbocycles. The van der Waals surface area contributed by atoms with Gasteiger partial charge in [-0.15, -0.1) is 0 Å². The fourth-order valence-corrected chi connectivity index (χ4v) is 3.98. The van der Waals surface area contributed by atoms with Crippen molar-refractivity contribution in [1.82, 2.24) is 5.32 Å². The van der Waals surface area contributed by atoms with E-state index in [2.05, 4.69) is 5.32 Å². The standard InChI is InChI=1S/C27H39NO11/c1-26(2,3)38-22(30)17(28-25(31)39-27(4,5)6)13-19(29)34-14-18-20-21(24(33-8)35-18)37-23(36-20)15-9-11-16(32-7)12-10-15/h9-12,17-18,20-21,23-24H,13-14H2,1-8H3,(H,28,31)/t17-,18+,20+,21+,23?,24?/m0/s1. The summed E-state index contributed by atoms with van der Waals surface area (Å²) in [4.78, 5) is 37.8. The Morgan fingerprint density at radius 2 is 1.51 bits per heavy atom. The molecule has 12 heteroatoms. The van der Waals surface area contributed by atoms with Crippen molar-refractivity contribution in [1.29, 1.82) is 0 Å². The predicted molar refractivity (Wildman–Crippen MR) is 136 cm³/mol. The zero-order valence-corrected chi connectivity index (χ0v) is 23.7. The first kappa shape index (κ1) is 30.6. The third kappa shape index (κ3) is 8.79. The van der Waals surface area contributed by atoms with Crippen LogP contribution in [0.15, 0.2) is 24.3 Å². The maximum absolute atomic E-state index is 12.7. The van der Waals surface area contributed by atoms with Crippen LogP contribution in [0, 0.1) is 0 Å². The SMILES string of the molecule is COc1ccc(C2O[C@@H]3[C@@H](COC(=O)C[C@H](NC(=O)OC(C)(C)C)C(=O)OC(C)(C)C)OC(OC)[C@@H]3O2)cc1. The molecule has 1 amide bonds. The summed E-state index contributed by atoms with van der Waals surface area (Å²) in [6.45, 7) is 9.88. The number of amides is 1. The van der Waals surface area contributed by atoms with Crippen molar-refractivity contribution < 1.29 is 52.3 Å². The lowest BCUT2D eigenvalue weighted by Gasteiger charge is -2.26. The van der Waals surface area contributed by atoms with Gasteiger partial charge in [0.1, 0.15) is 47.9 Å². The summed E-state index contributed by atoms with van der Waals surface area (Å²) in [6, 6.07) is 5.94. The van der Waals surface area contributed by atoms with E-state index in [1.165, 1.54) is 7.11 Å². The number of hydrogen-bond donors (Lipinski definition) is 1. The Kier molecular flexibility index (Phi) is 9.81. The monoisotopic (exact) mass is 553 g/mol. The molecule has 1 N–H and O–H groups in total. The maximum atomic E-state index is 12.7. The van der Waals surface area contributed by atoms with Crippen molar-refractivity contribution in [3.8, 4) is 5.75 Å². The number of fused-ring (bicyclic) bond motifs is 1. The molecule has 3 rings (SSSR count). The van der Waals surface area contributed by atoms with Gasteiger partial charge in [-0.25, -0.2) is 9.59 Å². The van der Waals surface area contributed by atoms with E-state index in [-0.39, 0.29) is 6.61 Å². The molecule has 2 saturated heterocycles. The summed E-state index contributed by atoms with van der Waals surface area (Å²) in [6.07, 6.45) is -4.55. The first-order valence-corrected chi connectivity index (χ1v) is 12.7. The smallest absolute Gasteiger partial charge is 0.408 e. The summed E-state index contributed by atoms with van der Waals surface area (Å²) in [5.74, 6) is -0.851. The lowest BCUT2D eigenvalue weighted by Crippen LogP contribution is -2.47. The van der Waals surface area contributed by atoms with Gasteiger partial charge in [-0.05, 0) is 53.7 Å². The normalized spacial score (nSPS) is 25.4. The number of carbonyl (C=O) groups is 3. The molecular weight excluding hydrogens is 514 g/mol. The van der Waals surface area contributed by atoms with Crippen molar-refractivity contribution in [3.63, 3.8) is 0 Å². The molecule has 2 unspecified atom stereocenters. The maximum Gasteiger partial charge on any atom is 0.408 e. The highest BCUT2D eigenvalue weighted by molar-refractivity contribution is 5.86. The van der Waals surface area contributed by atoms with Crippen LogP contribution in [0.25, 0.3) is 0 Å². The fourth-order valence-electron chi connectivity index (χ4n) is 3.98. The van der Waals surface area contributed by atoms with E-state index in [0.717, 1.165) is 5.56 Å². The van der Waals surface area contributed by atoms with Crippen LogP contribution in [0.5, 0.6) is 5.75 Å². The Morgan fingerprint density at radius 1 is 0.897 bits per heavy atom. The van der Waals surface area contributed by atoms with Gasteiger partial charge in [0.25, 0.3) is 0 Å². The quantitative estimate of drug-likeness (QED) is 0.357. The lowest BCUT2D eigenvalue weighted by atomic mass is 10.1. The average molecular weight is 554 g/mol. The van der Waals surface area contributed by atoms with Crippen LogP contribution in [0.3, 0.4) is 0 Å². The number of methoxy groups -OCH3 is 2. The highest BCUT2D eigenvalue weighted by Crippen LogP contribution is 2.40. The topological polar surface area (TPSA) is 137 Å². The molecule has 1 aromatic carbocycles. The van der Waals surface area contributed by atoms with E-state index in [9.17, 15) is 14.4 Å². The van der Waals surface area contributed by atoms with Crippen molar-refractivity contribution in [2.75, 3.05) is 20.8 Å². The first-order valence-electron chi connectivity index (χ1n) is 12.7. The minimum Gasteiger partial charge on any atom is -0.497 e. The van der Waals surface area contributed by atoms with Crippen LogP contribution >= 0.6 is 0 Å². The van der Waals surface area contributed by atoms with E-state index in [1.54, 1.807) is 60.8 Å². The third-order valence-electron chi connectivity index (χ3n) is 5.61. The predicted octanol–water partition coefficient (Wildman–Crippen LogP) is 3.02. The molecule has 0 radical (unpaired) electrons. The molecule has 0 spiro atoms. The van der Waals surface area contributed by atoms with Crippen LogP contribution in [-0.4, -0.2) is 80.7 Å². The number of hydrogen-bond acceptors (Lipinski definition) is 11. The Balaban J connectivity index is 1.61. The van der Waals surface area contributed by atoms with Crippen molar-refractivity contribution in [3.05, 3.63) is 29.8 Å². The number of ether oxygens (including phenoxy) is 8. The van der Waals surface area contributed by atoms with Crippen LogP contribution in [0.2, 0.25) is 0 Å². The summed E-state index contributed by atoms with van der Waals surface area (Å²) in [5, 5.41) is 2.40. The molecule has 218 valence electrons. The van der Waals surface area contributed by atoms with Gasteiger partial charge < -0.3 is 43.2 Å². The second kappa shape index (κ2) is 12.5. The van der Waals surface area contributed by atoms with Crippen LogP contribution in [-0.2, 0) is 42.7 Å². The second-order valence-corrected chi connectivity index (χ2v) is 11.2. The molecule has 0 aromatic heterocycles.